The lowest BCUT2D eigenvalue weighted by molar-refractivity contribution is -0.385. The summed E-state index contributed by atoms with van der Waals surface area (Å²) in [6.45, 7) is 1.60. The van der Waals surface area contributed by atoms with Gasteiger partial charge in [-0.05, 0) is 31.9 Å². The number of imide groups is 1. The largest absolute Gasteiger partial charge is 0.373 e. The van der Waals surface area contributed by atoms with Gasteiger partial charge in [0.05, 0.1) is 34.7 Å². The molecule has 0 radical (unpaired) electrons. The summed E-state index contributed by atoms with van der Waals surface area (Å²) in [5.74, 6) is -1.26. The van der Waals surface area contributed by atoms with Gasteiger partial charge in [0.15, 0.2) is 0 Å². The molecule has 0 unspecified atom stereocenters. The van der Waals surface area contributed by atoms with E-state index >= 15 is 0 Å². The van der Waals surface area contributed by atoms with Gasteiger partial charge in [-0.25, -0.2) is 4.90 Å². The van der Waals surface area contributed by atoms with E-state index in [1.807, 2.05) is 0 Å². The molecule has 4 atom stereocenters. The zero-order valence-corrected chi connectivity index (χ0v) is 11.9. The molecule has 0 aromatic heterocycles. The molecule has 0 saturated carbocycles. The van der Waals surface area contributed by atoms with E-state index in [-0.39, 0.29) is 41.5 Å². The van der Waals surface area contributed by atoms with Gasteiger partial charge in [0.1, 0.15) is 0 Å². The summed E-state index contributed by atoms with van der Waals surface area (Å²) < 4.78 is 5.68. The van der Waals surface area contributed by atoms with Crippen LogP contribution in [0.1, 0.15) is 18.4 Å². The quantitative estimate of drug-likeness (QED) is 0.470. The van der Waals surface area contributed by atoms with Crippen LogP contribution in [0.25, 0.3) is 0 Å². The number of carbonyl (C=O) groups excluding carboxylic acids is 2. The first-order chi connectivity index (χ1) is 10.5. The number of ether oxygens (including phenoxy) is 1. The van der Waals surface area contributed by atoms with Gasteiger partial charge in [-0.2, -0.15) is 0 Å². The summed E-state index contributed by atoms with van der Waals surface area (Å²) >= 11 is 0. The maximum absolute atomic E-state index is 12.6. The number of aryl methyl sites for hydroxylation is 1. The zero-order chi connectivity index (χ0) is 15.6. The van der Waals surface area contributed by atoms with Crippen molar-refractivity contribution >= 4 is 23.2 Å². The number of benzene rings is 1. The van der Waals surface area contributed by atoms with Gasteiger partial charge < -0.3 is 4.74 Å². The average Bonchev–Trinajstić information content (AvgIpc) is 3.12. The monoisotopic (exact) mass is 302 g/mol. The van der Waals surface area contributed by atoms with E-state index in [1.54, 1.807) is 6.92 Å². The van der Waals surface area contributed by atoms with Crippen molar-refractivity contribution in [2.45, 2.75) is 32.0 Å². The highest BCUT2D eigenvalue weighted by atomic mass is 16.6. The van der Waals surface area contributed by atoms with Gasteiger partial charge in [-0.15, -0.1) is 0 Å². The normalized spacial score (nSPS) is 32.7. The summed E-state index contributed by atoms with van der Waals surface area (Å²) in [5, 5.41) is 10.9. The highest BCUT2D eigenvalue weighted by Gasteiger charge is 2.62. The van der Waals surface area contributed by atoms with Crippen LogP contribution in [0.3, 0.4) is 0 Å². The Morgan fingerprint density at radius 3 is 2.27 bits per heavy atom. The van der Waals surface area contributed by atoms with E-state index in [4.69, 9.17) is 4.74 Å². The van der Waals surface area contributed by atoms with Crippen LogP contribution in [0.4, 0.5) is 11.4 Å². The van der Waals surface area contributed by atoms with E-state index in [9.17, 15) is 19.7 Å². The van der Waals surface area contributed by atoms with Crippen LogP contribution in [0.5, 0.6) is 0 Å². The number of carbonyl (C=O) groups is 2. The first-order valence-electron chi connectivity index (χ1n) is 7.27. The summed E-state index contributed by atoms with van der Waals surface area (Å²) in [4.78, 5) is 36.8. The lowest BCUT2D eigenvalue weighted by Crippen LogP contribution is -2.34. The summed E-state index contributed by atoms with van der Waals surface area (Å²) in [7, 11) is 0. The van der Waals surface area contributed by atoms with Gasteiger partial charge in [-0.3, -0.25) is 19.7 Å². The molecule has 4 rings (SSSR count). The molecular weight excluding hydrogens is 288 g/mol. The minimum Gasteiger partial charge on any atom is -0.373 e. The van der Waals surface area contributed by atoms with E-state index in [0.29, 0.717) is 11.3 Å². The molecule has 0 N–H and O–H groups in total. The summed E-state index contributed by atoms with van der Waals surface area (Å²) in [6.07, 6.45) is 1.32. The number of amides is 2. The molecule has 2 bridgehead atoms. The molecule has 3 aliphatic heterocycles. The van der Waals surface area contributed by atoms with Crippen molar-refractivity contribution in [3.63, 3.8) is 0 Å². The number of nitrogens with zero attached hydrogens (tertiary/aromatic N) is 2. The Balaban J connectivity index is 1.72. The third-order valence-electron chi connectivity index (χ3n) is 4.92. The van der Waals surface area contributed by atoms with Gasteiger partial charge >= 0.3 is 0 Å². The molecule has 1 aromatic rings. The van der Waals surface area contributed by atoms with Crippen LogP contribution < -0.4 is 4.90 Å². The second-order valence-corrected chi connectivity index (χ2v) is 6.08. The van der Waals surface area contributed by atoms with Crippen molar-refractivity contribution in [2.75, 3.05) is 4.90 Å². The Morgan fingerprint density at radius 2 is 1.77 bits per heavy atom. The molecule has 0 spiro atoms. The van der Waals surface area contributed by atoms with Gasteiger partial charge in [0.2, 0.25) is 11.8 Å². The van der Waals surface area contributed by atoms with Gasteiger partial charge in [0, 0.05) is 11.6 Å². The van der Waals surface area contributed by atoms with Gasteiger partial charge in [-0.1, -0.05) is 0 Å². The molecule has 7 nitrogen and oxygen atoms in total. The topological polar surface area (TPSA) is 89.8 Å². The molecule has 3 heterocycles. The number of nitro benzene ring substituents is 1. The van der Waals surface area contributed by atoms with E-state index < -0.39 is 4.92 Å². The van der Waals surface area contributed by atoms with E-state index in [2.05, 4.69) is 0 Å². The number of rotatable bonds is 2. The Hall–Kier alpha value is -2.28. The Kier molecular flexibility index (Phi) is 2.65. The molecule has 3 fully saturated rings. The van der Waals surface area contributed by atoms with E-state index in [1.165, 1.54) is 23.1 Å². The second-order valence-electron chi connectivity index (χ2n) is 6.08. The maximum Gasteiger partial charge on any atom is 0.272 e. The van der Waals surface area contributed by atoms with Crippen molar-refractivity contribution in [1.82, 2.24) is 0 Å². The predicted molar refractivity (Wildman–Crippen MR) is 75.2 cm³/mol. The average molecular weight is 302 g/mol. The number of nitro groups is 1. The molecule has 3 saturated heterocycles. The molecular formula is C15H14N2O5. The molecule has 3 aliphatic rings. The SMILES string of the molecule is Cc1cc(N2C(=O)[C@@H]3[C@@H](C2=O)[C@@H]2CC[C@@H]3O2)ccc1[N+](=O)[O-]. The van der Waals surface area contributed by atoms with Crippen molar-refractivity contribution < 1.29 is 19.2 Å². The van der Waals surface area contributed by atoms with Crippen molar-refractivity contribution in [1.29, 1.82) is 0 Å². The molecule has 0 aliphatic carbocycles. The lowest BCUT2D eigenvalue weighted by Gasteiger charge is -2.17. The van der Waals surface area contributed by atoms with Crippen LogP contribution in [0.2, 0.25) is 0 Å². The fraction of sp³-hybridized carbons (Fsp3) is 0.467. The number of fused-ring (bicyclic) bond motifs is 5. The van der Waals surface area contributed by atoms with Crippen molar-refractivity contribution in [3.8, 4) is 0 Å². The van der Waals surface area contributed by atoms with Crippen LogP contribution in [0.15, 0.2) is 18.2 Å². The summed E-state index contributed by atoms with van der Waals surface area (Å²) in [6, 6.07) is 4.33. The number of hydrogen-bond acceptors (Lipinski definition) is 5. The molecule has 22 heavy (non-hydrogen) atoms. The molecule has 114 valence electrons. The van der Waals surface area contributed by atoms with Crippen molar-refractivity contribution in [3.05, 3.63) is 33.9 Å². The first kappa shape index (κ1) is 13.4. The maximum atomic E-state index is 12.6. The van der Waals surface area contributed by atoms with Crippen LogP contribution in [-0.4, -0.2) is 28.9 Å². The van der Waals surface area contributed by atoms with Crippen LogP contribution in [-0.2, 0) is 14.3 Å². The highest BCUT2D eigenvalue weighted by molar-refractivity contribution is 6.22. The Bertz CT molecular complexity index is 688. The fourth-order valence-corrected chi connectivity index (χ4v) is 3.95. The number of hydrogen-bond donors (Lipinski definition) is 0. The van der Waals surface area contributed by atoms with E-state index in [0.717, 1.165) is 12.8 Å². The minimum absolute atomic E-state index is 0.0218. The predicted octanol–water partition coefficient (Wildman–Crippen LogP) is 1.57. The molecule has 1 aromatic carbocycles. The number of anilines is 1. The zero-order valence-electron chi connectivity index (χ0n) is 11.9. The first-order valence-corrected chi connectivity index (χ1v) is 7.27. The fourth-order valence-electron chi connectivity index (χ4n) is 3.95. The lowest BCUT2D eigenvalue weighted by atomic mass is 9.81. The van der Waals surface area contributed by atoms with Crippen LogP contribution in [0, 0.1) is 28.9 Å². The highest BCUT2D eigenvalue weighted by Crippen LogP contribution is 2.49. The smallest absolute Gasteiger partial charge is 0.272 e. The summed E-state index contributed by atoms with van der Waals surface area (Å²) in [5.41, 5.74) is 0.817. The Labute approximate surface area is 126 Å². The standard InChI is InChI=1S/C15H14N2O5/c1-7-6-8(2-3-9(7)17(20)21)16-14(18)12-10-4-5-11(22-10)13(12)15(16)19/h2-3,6,10-13H,4-5H2,1H3/t10-,11-,12-,13-/m0/s1. The third kappa shape index (κ3) is 1.60. The third-order valence-corrected chi connectivity index (χ3v) is 4.92. The second kappa shape index (κ2) is 4.36. The molecule has 7 heteroatoms. The Morgan fingerprint density at radius 1 is 1.18 bits per heavy atom. The molecule has 2 amide bonds. The van der Waals surface area contributed by atoms with Crippen molar-refractivity contribution in [2.24, 2.45) is 11.8 Å². The minimum atomic E-state index is -0.477. The van der Waals surface area contributed by atoms with Gasteiger partial charge in [0.25, 0.3) is 5.69 Å². The van der Waals surface area contributed by atoms with Crippen LogP contribution >= 0.6 is 0 Å².